The molecule has 0 aliphatic rings. The summed E-state index contributed by atoms with van der Waals surface area (Å²) < 4.78 is 1.89. The van der Waals surface area contributed by atoms with Gasteiger partial charge in [0.2, 0.25) is 5.95 Å². The number of hydrogen-bond acceptors (Lipinski definition) is 2. The summed E-state index contributed by atoms with van der Waals surface area (Å²) >= 11 is 0. The molecule has 3 nitrogen and oxygen atoms in total. The van der Waals surface area contributed by atoms with Crippen molar-refractivity contribution in [1.29, 1.82) is 0 Å². The number of nitrogens with zero attached hydrogens (tertiary/aromatic N) is 2. The monoisotopic (exact) mass is 223 g/mol. The third-order valence-corrected chi connectivity index (χ3v) is 2.46. The van der Waals surface area contributed by atoms with Crippen molar-refractivity contribution in [2.75, 3.05) is 5.73 Å². The summed E-state index contributed by atoms with van der Waals surface area (Å²) in [6, 6.07) is 10.1. The molecule has 1 aromatic heterocycles. The zero-order valence-corrected chi connectivity index (χ0v) is 9.58. The molecule has 2 N–H and O–H groups in total. The molecule has 2 aromatic rings. The lowest BCUT2D eigenvalue weighted by Gasteiger charge is -1.99. The van der Waals surface area contributed by atoms with Gasteiger partial charge in [0.15, 0.2) is 0 Å². The van der Waals surface area contributed by atoms with Gasteiger partial charge in [0, 0.05) is 18.3 Å². The zero-order valence-electron chi connectivity index (χ0n) is 8.77. The number of nitrogens with two attached hydrogens (primary N) is 1. The minimum Gasteiger partial charge on any atom is -0.369 e. The quantitative estimate of drug-likeness (QED) is 0.807. The number of anilines is 1. The van der Waals surface area contributed by atoms with Crippen molar-refractivity contribution in [2.45, 2.75) is 6.92 Å². The van der Waals surface area contributed by atoms with E-state index < -0.39 is 0 Å². The minimum absolute atomic E-state index is 0. The van der Waals surface area contributed by atoms with Gasteiger partial charge in [-0.3, -0.25) is 0 Å². The largest absolute Gasteiger partial charge is 0.369 e. The highest BCUT2D eigenvalue weighted by Crippen LogP contribution is 2.23. The fourth-order valence-corrected chi connectivity index (χ4v) is 1.47. The fourth-order valence-electron chi connectivity index (χ4n) is 1.47. The summed E-state index contributed by atoms with van der Waals surface area (Å²) in [7, 11) is 1.92. The van der Waals surface area contributed by atoms with Crippen molar-refractivity contribution < 1.29 is 0 Å². The van der Waals surface area contributed by atoms with Crippen LogP contribution in [0.4, 0.5) is 5.95 Å². The molecule has 0 atom stereocenters. The van der Waals surface area contributed by atoms with Crippen LogP contribution in [0.25, 0.3) is 11.3 Å². The molecule has 15 heavy (non-hydrogen) atoms. The average Bonchev–Trinajstić information content (AvgIpc) is 2.47. The highest BCUT2D eigenvalue weighted by molar-refractivity contribution is 5.85. The molecule has 1 aromatic carbocycles. The molecule has 0 saturated heterocycles. The van der Waals surface area contributed by atoms with Crippen molar-refractivity contribution in [3.8, 4) is 11.3 Å². The van der Waals surface area contributed by atoms with E-state index in [0.717, 1.165) is 17.0 Å². The van der Waals surface area contributed by atoms with Crippen LogP contribution < -0.4 is 5.73 Å². The Morgan fingerprint density at radius 3 is 2.27 bits per heavy atom. The second-order valence-electron chi connectivity index (χ2n) is 3.33. The maximum Gasteiger partial charge on any atom is 0.200 e. The summed E-state index contributed by atoms with van der Waals surface area (Å²) in [5, 5.41) is 0. The van der Waals surface area contributed by atoms with E-state index in [-0.39, 0.29) is 12.4 Å². The van der Waals surface area contributed by atoms with Gasteiger partial charge in [-0.15, -0.1) is 12.4 Å². The standard InChI is InChI=1S/C11H13N3.ClH/c1-8-10(13-11(12)14(8)2)9-6-4-3-5-7-9;/h3-7H,1-2H3,(H2,12,13);1H. The van der Waals surface area contributed by atoms with E-state index in [9.17, 15) is 0 Å². The highest BCUT2D eigenvalue weighted by atomic mass is 35.5. The third-order valence-electron chi connectivity index (χ3n) is 2.46. The van der Waals surface area contributed by atoms with Crippen LogP contribution in [0.15, 0.2) is 30.3 Å². The topological polar surface area (TPSA) is 43.8 Å². The van der Waals surface area contributed by atoms with Crippen LogP contribution in [0, 0.1) is 6.92 Å². The second-order valence-corrected chi connectivity index (χ2v) is 3.33. The van der Waals surface area contributed by atoms with Gasteiger partial charge in [-0.1, -0.05) is 30.3 Å². The molecular formula is C11H14ClN3. The van der Waals surface area contributed by atoms with E-state index in [2.05, 4.69) is 4.98 Å². The molecular weight excluding hydrogens is 210 g/mol. The molecule has 0 radical (unpaired) electrons. The number of halogens is 1. The number of rotatable bonds is 1. The molecule has 80 valence electrons. The first-order chi connectivity index (χ1) is 6.70. The summed E-state index contributed by atoms with van der Waals surface area (Å²) in [6.45, 7) is 2.02. The molecule has 0 saturated carbocycles. The number of benzene rings is 1. The van der Waals surface area contributed by atoms with Gasteiger partial charge in [-0.05, 0) is 6.92 Å². The molecule has 0 bridgehead atoms. The Balaban J connectivity index is 0.00000112. The van der Waals surface area contributed by atoms with E-state index >= 15 is 0 Å². The van der Waals surface area contributed by atoms with Gasteiger partial charge in [0.05, 0.1) is 5.69 Å². The third kappa shape index (κ3) is 1.97. The molecule has 0 spiro atoms. The minimum atomic E-state index is 0. The summed E-state index contributed by atoms with van der Waals surface area (Å²) in [5.41, 5.74) is 8.89. The maximum atomic E-state index is 5.73. The normalized spacial score (nSPS) is 9.73. The van der Waals surface area contributed by atoms with Gasteiger partial charge in [0.1, 0.15) is 0 Å². The summed E-state index contributed by atoms with van der Waals surface area (Å²) in [4.78, 5) is 4.32. The van der Waals surface area contributed by atoms with Crippen molar-refractivity contribution in [1.82, 2.24) is 9.55 Å². The van der Waals surface area contributed by atoms with E-state index in [0.29, 0.717) is 5.95 Å². The first-order valence-electron chi connectivity index (χ1n) is 4.54. The number of hydrogen-bond donors (Lipinski definition) is 1. The molecule has 0 amide bonds. The van der Waals surface area contributed by atoms with Crippen molar-refractivity contribution in [2.24, 2.45) is 7.05 Å². The van der Waals surface area contributed by atoms with Crippen LogP contribution in [0.3, 0.4) is 0 Å². The fraction of sp³-hybridized carbons (Fsp3) is 0.182. The first-order valence-corrected chi connectivity index (χ1v) is 4.54. The van der Waals surface area contributed by atoms with Crippen LogP contribution in [0.1, 0.15) is 5.69 Å². The van der Waals surface area contributed by atoms with Gasteiger partial charge in [0.25, 0.3) is 0 Å². The van der Waals surface area contributed by atoms with E-state index in [1.807, 2.05) is 48.9 Å². The molecule has 4 heteroatoms. The number of imidazole rings is 1. The molecule has 1 heterocycles. The Kier molecular flexibility index (Phi) is 3.37. The van der Waals surface area contributed by atoms with E-state index in [1.54, 1.807) is 0 Å². The Labute approximate surface area is 95.4 Å². The van der Waals surface area contributed by atoms with Crippen LogP contribution in [-0.4, -0.2) is 9.55 Å². The highest BCUT2D eigenvalue weighted by Gasteiger charge is 2.09. The van der Waals surface area contributed by atoms with Gasteiger partial charge < -0.3 is 10.3 Å². The van der Waals surface area contributed by atoms with Crippen LogP contribution in [0.5, 0.6) is 0 Å². The predicted molar refractivity (Wildman–Crippen MR) is 65.0 cm³/mol. The molecule has 0 aliphatic carbocycles. The molecule has 0 fully saturated rings. The lowest BCUT2D eigenvalue weighted by Crippen LogP contribution is -1.97. The first kappa shape index (κ1) is 11.6. The van der Waals surface area contributed by atoms with Crippen LogP contribution in [0.2, 0.25) is 0 Å². The predicted octanol–water partition coefficient (Wildman–Crippen LogP) is 2.40. The van der Waals surface area contributed by atoms with Crippen molar-refractivity contribution >= 4 is 18.4 Å². The Morgan fingerprint density at radius 2 is 1.80 bits per heavy atom. The van der Waals surface area contributed by atoms with E-state index in [1.165, 1.54) is 0 Å². The Morgan fingerprint density at radius 1 is 1.20 bits per heavy atom. The molecule has 2 rings (SSSR count). The molecule has 0 unspecified atom stereocenters. The van der Waals surface area contributed by atoms with Crippen LogP contribution >= 0.6 is 12.4 Å². The number of nitrogen functional groups attached to an aromatic ring is 1. The maximum absolute atomic E-state index is 5.73. The van der Waals surface area contributed by atoms with Crippen molar-refractivity contribution in [3.05, 3.63) is 36.0 Å². The Bertz CT molecular complexity index is 448. The van der Waals surface area contributed by atoms with Crippen LogP contribution in [-0.2, 0) is 7.05 Å². The van der Waals surface area contributed by atoms with E-state index in [4.69, 9.17) is 5.73 Å². The molecule has 0 aliphatic heterocycles. The number of aromatic nitrogens is 2. The summed E-state index contributed by atoms with van der Waals surface area (Å²) in [6.07, 6.45) is 0. The average molecular weight is 224 g/mol. The van der Waals surface area contributed by atoms with Gasteiger partial charge >= 0.3 is 0 Å². The Hall–Kier alpha value is -1.48. The van der Waals surface area contributed by atoms with Gasteiger partial charge in [-0.2, -0.15) is 0 Å². The van der Waals surface area contributed by atoms with Gasteiger partial charge in [-0.25, -0.2) is 4.98 Å². The SMILES string of the molecule is Cc1c(-c2ccccc2)nc(N)n1C.Cl. The summed E-state index contributed by atoms with van der Waals surface area (Å²) in [5.74, 6) is 0.557. The lowest BCUT2D eigenvalue weighted by molar-refractivity contribution is 0.889. The lowest BCUT2D eigenvalue weighted by atomic mass is 10.1. The second kappa shape index (κ2) is 4.36. The van der Waals surface area contributed by atoms with Crippen molar-refractivity contribution in [3.63, 3.8) is 0 Å². The zero-order chi connectivity index (χ0) is 10.1. The smallest absolute Gasteiger partial charge is 0.200 e.